The van der Waals surface area contributed by atoms with E-state index in [0.717, 1.165) is 11.4 Å². The topological polar surface area (TPSA) is 119 Å². The quantitative estimate of drug-likeness (QED) is 0.320. The first-order valence-electron chi connectivity index (χ1n) is 11.3. The zero-order valence-corrected chi connectivity index (χ0v) is 21.6. The Kier molecular flexibility index (Phi) is 5.94. The van der Waals surface area contributed by atoms with Gasteiger partial charge in [0.1, 0.15) is 17.5 Å². The van der Waals surface area contributed by atoms with Gasteiger partial charge in [-0.2, -0.15) is 0 Å². The number of nitrogens with zero attached hydrogens (tertiary/aromatic N) is 7. The Morgan fingerprint density at radius 1 is 1.11 bits per heavy atom. The molecule has 0 unspecified atom stereocenters. The number of aromatic amines is 1. The molecule has 13 heteroatoms. The highest BCUT2D eigenvalue weighted by Gasteiger charge is 2.30. The Morgan fingerprint density at radius 2 is 1.97 bits per heavy atom. The summed E-state index contributed by atoms with van der Waals surface area (Å²) in [6.07, 6.45) is 4.52. The number of imidazole rings is 1. The lowest BCUT2D eigenvalue weighted by atomic mass is 10.1. The van der Waals surface area contributed by atoms with E-state index in [9.17, 15) is 4.79 Å². The van der Waals surface area contributed by atoms with Crippen molar-refractivity contribution in [2.75, 3.05) is 12.4 Å². The molecule has 2 N–H and O–H groups in total. The molecule has 0 radical (unpaired) electrons. The zero-order valence-electron chi connectivity index (χ0n) is 19.3. The van der Waals surface area contributed by atoms with E-state index in [0.29, 0.717) is 57.3 Å². The smallest absolute Gasteiger partial charge is 0.254 e. The van der Waals surface area contributed by atoms with Crippen molar-refractivity contribution in [1.29, 1.82) is 0 Å². The van der Waals surface area contributed by atoms with E-state index >= 15 is 0 Å². The third-order valence-electron chi connectivity index (χ3n) is 6.23. The van der Waals surface area contributed by atoms with Gasteiger partial charge < -0.3 is 10.3 Å². The van der Waals surface area contributed by atoms with Crippen molar-refractivity contribution in [3.8, 4) is 28.2 Å². The molecule has 1 atom stereocenters. The van der Waals surface area contributed by atoms with Gasteiger partial charge in [0.05, 0.1) is 29.3 Å². The minimum Gasteiger partial charge on any atom is -0.373 e. The van der Waals surface area contributed by atoms with Crippen LogP contribution in [0.3, 0.4) is 0 Å². The van der Waals surface area contributed by atoms with E-state index in [-0.39, 0.29) is 16.8 Å². The number of rotatable bonds is 5. The van der Waals surface area contributed by atoms with Crippen molar-refractivity contribution in [3.05, 3.63) is 86.1 Å². The van der Waals surface area contributed by atoms with Gasteiger partial charge in [-0.15, -0.1) is 5.10 Å². The molecule has 4 aromatic heterocycles. The van der Waals surface area contributed by atoms with Crippen LogP contribution in [0.4, 0.5) is 5.82 Å². The van der Waals surface area contributed by atoms with E-state index in [1.165, 1.54) is 10.7 Å². The fourth-order valence-corrected chi connectivity index (χ4v) is 5.07. The first-order valence-corrected chi connectivity index (χ1v) is 12.4. The number of pyridine rings is 1. The van der Waals surface area contributed by atoms with Crippen LogP contribution in [0.5, 0.6) is 0 Å². The van der Waals surface area contributed by atoms with E-state index in [2.05, 4.69) is 30.6 Å². The molecule has 0 fully saturated rings. The molecule has 0 bridgehead atoms. The van der Waals surface area contributed by atoms with Crippen LogP contribution in [0.15, 0.2) is 53.6 Å². The number of hydrogen-bond acceptors (Lipinski definition) is 7. The standard InChI is InChI=1S/C24H18Cl3N9O/c1-28-19-6-2-12(10-29-19)22-23(27)32-24(31-22)17-5-7-20-30-15(9-21(37)36(17)20)14-8-13(25)3-4-16(14)35-11-18(26)33-34-35/h2-4,6,8-11,17H,5,7H2,1H3,(H,28,29)(H,31,32)/t17-/m0/s1. The van der Waals surface area contributed by atoms with Crippen LogP contribution in [0.1, 0.15) is 24.1 Å². The fraction of sp³-hybridized carbons (Fsp3) is 0.167. The molecular formula is C24H18Cl3N9O. The zero-order chi connectivity index (χ0) is 25.7. The summed E-state index contributed by atoms with van der Waals surface area (Å²) in [4.78, 5) is 30.4. The van der Waals surface area contributed by atoms with Crippen LogP contribution >= 0.6 is 34.8 Å². The average molecular weight is 555 g/mol. The summed E-state index contributed by atoms with van der Waals surface area (Å²) < 4.78 is 3.18. The Bertz CT molecular complexity index is 1690. The number of halogens is 3. The lowest BCUT2D eigenvalue weighted by molar-refractivity contribution is 0.568. The largest absolute Gasteiger partial charge is 0.373 e. The highest BCUT2D eigenvalue weighted by Crippen LogP contribution is 2.34. The van der Waals surface area contributed by atoms with Crippen molar-refractivity contribution in [2.24, 2.45) is 0 Å². The molecule has 186 valence electrons. The van der Waals surface area contributed by atoms with Gasteiger partial charge >= 0.3 is 0 Å². The first-order chi connectivity index (χ1) is 17.9. The van der Waals surface area contributed by atoms with Gasteiger partial charge in [-0.3, -0.25) is 9.36 Å². The molecule has 1 aromatic carbocycles. The van der Waals surface area contributed by atoms with Crippen LogP contribution in [-0.2, 0) is 6.42 Å². The van der Waals surface area contributed by atoms with Gasteiger partial charge in [-0.25, -0.2) is 19.6 Å². The minimum atomic E-state index is -0.326. The first kappa shape index (κ1) is 23.7. The lowest BCUT2D eigenvalue weighted by Gasteiger charge is -2.14. The SMILES string of the molecule is CNc1ccc(-c2[nH]c([C@@H]3CCc4nc(-c5cc(Cl)ccc5-n5cc(Cl)nn5)cc(=O)n43)nc2Cl)cn1. The number of anilines is 1. The van der Waals surface area contributed by atoms with Crippen LogP contribution in [0.25, 0.3) is 28.2 Å². The van der Waals surface area contributed by atoms with E-state index in [4.69, 9.17) is 39.8 Å². The molecule has 6 rings (SSSR count). The van der Waals surface area contributed by atoms with Gasteiger partial charge in [0.2, 0.25) is 0 Å². The van der Waals surface area contributed by atoms with Crippen LogP contribution in [0, 0.1) is 0 Å². The number of H-pyrrole nitrogens is 1. The van der Waals surface area contributed by atoms with Crippen LogP contribution in [-0.4, -0.2) is 46.5 Å². The summed E-state index contributed by atoms with van der Waals surface area (Å²) in [7, 11) is 1.80. The number of hydrogen-bond donors (Lipinski definition) is 2. The fourth-order valence-electron chi connectivity index (χ4n) is 4.52. The highest BCUT2D eigenvalue weighted by molar-refractivity contribution is 6.32. The second kappa shape index (κ2) is 9.29. The Balaban J connectivity index is 1.39. The van der Waals surface area contributed by atoms with Gasteiger partial charge in [0, 0.05) is 41.9 Å². The van der Waals surface area contributed by atoms with E-state index in [1.807, 2.05) is 12.1 Å². The molecule has 0 spiro atoms. The lowest BCUT2D eigenvalue weighted by Crippen LogP contribution is -2.25. The summed E-state index contributed by atoms with van der Waals surface area (Å²) in [5.74, 6) is 1.98. The molecule has 0 saturated carbocycles. The summed E-state index contributed by atoms with van der Waals surface area (Å²) in [5, 5.41) is 11.9. The van der Waals surface area contributed by atoms with Gasteiger partial charge in [-0.05, 0) is 36.8 Å². The summed E-state index contributed by atoms with van der Waals surface area (Å²) in [6, 6.07) is 10.2. The molecule has 1 aliphatic rings. The van der Waals surface area contributed by atoms with E-state index in [1.54, 1.807) is 42.2 Å². The maximum atomic E-state index is 13.4. The highest BCUT2D eigenvalue weighted by atomic mass is 35.5. The monoisotopic (exact) mass is 553 g/mol. The maximum Gasteiger partial charge on any atom is 0.254 e. The molecular weight excluding hydrogens is 537 g/mol. The molecule has 37 heavy (non-hydrogen) atoms. The Morgan fingerprint density at radius 3 is 2.70 bits per heavy atom. The van der Waals surface area contributed by atoms with Gasteiger partial charge in [0.25, 0.3) is 5.56 Å². The molecule has 5 aromatic rings. The van der Waals surface area contributed by atoms with Crippen LogP contribution < -0.4 is 10.9 Å². The van der Waals surface area contributed by atoms with Crippen molar-refractivity contribution < 1.29 is 0 Å². The predicted octanol–water partition coefficient (Wildman–Crippen LogP) is 4.81. The van der Waals surface area contributed by atoms with Crippen molar-refractivity contribution in [3.63, 3.8) is 0 Å². The Labute approximate surface area is 225 Å². The molecule has 1 aliphatic heterocycles. The number of fused-ring (bicyclic) bond motifs is 1. The molecule has 0 saturated heterocycles. The number of aromatic nitrogens is 8. The molecule has 0 amide bonds. The van der Waals surface area contributed by atoms with E-state index < -0.39 is 0 Å². The second-order valence-corrected chi connectivity index (χ2v) is 9.62. The normalized spacial score (nSPS) is 14.6. The van der Waals surface area contributed by atoms with Gasteiger partial charge in [-0.1, -0.05) is 40.0 Å². The number of benzene rings is 1. The Hall–Kier alpha value is -3.73. The number of aryl methyl sites for hydroxylation is 1. The van der Waals surface area contributed by atoms with Crippen molar-refractivity contribution in [1.82, 2.24) is 39.5 Å². The molecule has 10 nitrogen and oxygen atoms in total. The summed E-state index contributed by atoms with van der Waals surface area (Å²) >= 11 is 18.7. The summed E-state index contributed by atoms with van der Waals surface area (Å²) in [6.45, 7) is 0. The maximum absolute atomic E-state index is 13.4. The molecule has 0 aliphatic carbocycles. The number of nitrogens with one attached hydrogen (secondary N) is 2. The van der Waals surface area contributed by atoms with Crippen molar-refractivity contribution >= 4 is 40.6 Å². The van der Waals surface area contributed by atoms with Gasteiger partial charge in [0.15, 0.2) is 10.3 Å². The predicted molar refractivity (Wildman–Crippen MR) is 142 cm³/mol. The minimum absolute atomic E-state index is 0.209. The summed E-state index contributed by atoms with van der Waals surface area (Å²) in [5.41, 5.74) is 3.00. The molecule has 5 heterocycles. The third-order valence-corrected chi connectivity index (χ3v) is 6.91. The van der Waals surface area contributed by atoms with Crippen LogP contribution in [0.2, 0.25) is 15.3 Å². The second-order valence-electron chi connectivity index (χ2n) is 8.44. The average Bonchev–Trinajstić information content (AvgIpc) is 3.62. The van der Waals surface area contributed by atoms with Crippen molar-refractivity contribution in [2.45, 2.75) is 18.9 Å². The third kappa shape index (κ3) is 4.26.